The van der Waals surface area contributed by atoms with E-state index in [0.29, 0.717) is 30.9 Å². The predicted octanol–water partition coefficient (Wildman–Crippen LogP) is 5.95. The molecule has 4 rings (SSSR count). The first kappa shape index (κ1) is 32.2. The van der Waals surface area contributed by atoms with Crippen molar-refractivity contribution in [2.24, 2.45) is 0 Å². The van der Waals surface area contributed by atoms with Crippen molar-refractivity contribution in [1.82, 2.24) is 15.1 Å². The molecule has 43 heavy (non-hydrogen) atoms. The van der Waals surface area contributed by atoms with Crippen LogP contribution in [0.15, 0.2) is 65.4 Å². The molecule has 1 aromatic heterocycles. The second kappa shape index (κ2) is 15.7. The van der Waals surface area contributed by atoms with E-state index in [1.54, 1.807) is 38.3 Å². The van der Waals surface area contributed by atoms with E-state index < -0.39 is 11.7 Å². The van der Waals surface area contributed by atoms with Gasteiger partial charge < -0.3 is 19.7 Å². The van der Waals surface area contributed by atoms with Gasteiger partial charge in [-0.15, -0.1) is 11.3 Å². The van der Waals surface area contributed by atoms with Crippen LogP contribution in [-0.4, -0.2) is 72.7 Å². The van der Waals surface area contributed by atoms with Gasteiger partial charge in [0.15, 0.2) is 5.78 Å². The van der Waals surface area contributed by atoms with Gasteiger partial charge >= 0.3 is 12.1 Å². The zero-order valence-electron chi connectivity index (χ0n) is 25.3. The number of nitrogens with zero attached hydrogens (tertiary/aromatic N) is 2. The Hall–Kier alpha value is -3.73. The molecular weight excluding hydrogens is 564 g/mol. The Balaban J connectivity index is 1.35. The molecule has 9 nitrogen and oxygen atoms in total. The molecule has 0 unspecified atom stereocenters. The number of hydrogen-bond donors (Lipinski definition) is 2. The number of carbonyl (C=O) groups is 3. The molecule has 2 N–H and O–H groups in total. The lowest BCUT2D eigenvalue weighted by atomic mass is 10.0. The molecule has 1 fully saturated rings. The standard InChI is InChI=1S/C33H42N4O5S/c1-33(2,3)42-32(40)35-29-24-43-23-28(29)20-30(38)27-12-10-26(11-13-27)22-37(15-7-14-36-16-18-41-19-17-36)31(39)34-21-25-8-5-4-6-9-25/h4-6,8-13,23-24H,7,14-22H2,1-3H3,(H,34,39)(H,35,40). The first-order chi connectivity index (χ1) is 20.7. The third-order valence-electron chi connectivity index (χ3n) is 6.96. The van der Waals surface area contributed by atoms with Gasteiger partial charge in [0, 0.05) is 56.6 Å². The highest BCUT2D eigenvalue weighted by Gasteiger charge is 2.20. The van der Waals surface area contributed by atoms with Crippen molar-refractivity contribution in [3.05, 3.63) is 87.6 Å². The number of morpholine rings is 1. The van der Waals surface area contributed by atoms with Crippen molar-refractivity contribution in [3.8, 4) is 0 Å². The minimum absolute atomic E-state index is 0.0554. The second-order valence-corrected chi connectivity index (χ2v) is 12.4. The van der Waals surface area contributed by atoms with E-state index in [4.69, 9.17) is 9.47 Å². The zero-order valence-corrected chi connectivity index (χ0v) is 26.1. The maximum absolute atomic E-state index is 13.2. The fourth-order valence-electron chi connectivity index (χ4n) is 4.72. The number of thiophene rings is 1. The van der Waals surface area contributed by atoms with Gasteiger partial charge in [0.05, 0.1) is 18.9 Å². The first-order valence-corrected chi connectivity index (χ1v) is 15.6. The molecular formula is C33H42N4O5S. The Morgan fingerprint density at radius 2 is 1.70 bits per heavy atom. The van der Waals surface area contributed by atoms with Crippen LogP contribution in [0.25, 0.3) is 0 Å². The van der Waals surface area contributed by atoms with Gasteiger partial charge in [0.1, 0.15) is 5.60 Å². The summed E-state index contributed by atoms with van der Waals surface area (Å²) in [6, 6.07) is 17.2. The fraction of sp³-hybridized carbons (Fsp3) is 0.424. The molecule has 3 aromatic rings. The van der Waals surface area contributed by atoms with Crippen molar-refractivity contribution in [1.29, 1.82) is 0 Å². The largest absolute Gasteiger partial charge is 0.444 e. The van der Waals surface area contributed by atoms with E-state index in [1.807, 2.05) is 52.7 Å². The van der Waals surface area contributed by atoms with E-state index >= 15 is 0 Å². The number of rotatable bonds is 12. The molecule has 0 radical (unpaired) electrons. The van der Waals surface area contributed by atoms with Crippen LogP contribution in [-0.2, 0) is 29.0 Å². The number of carbonyl (C=O) groups excluding carboxylic acids is 3. The Labute approximate surface area is 258 Å². The normalized spacial score (nSPS) is 13.7. The molecule has 2 heterocycles. The third-order valence-corrected chi connectivity index (χ3v) is 7.75. The molecule has 0 spiro atoms. The van der Waals surface area contributed by atoms with E-state index in [9.17, 15) is 14.4 Å². The minimum atomic E-state index is -0.612. The summed E-state index contributed by atoms with van der Waals surface area (Å²) in [7, 11) is 0. The van der Waals surface area contributed by atoms with Crippen LogP contribution >= 0.6 is 11.3 Å². The molecule has 1 saturated heterocycles. The molecule has 230 valence electrons. The molecule has 0 bridgehead atoms. The zero-order chi connectivity index (χ0) is 30.7. The number of nitrogens with one attached hydrogen (secondary N) is 2. The Kier molecular flexibility index (Phi) is 11.7. The van der Waals surface area contributed by atoms with Crippen molar-refractivity contribution in [2.75, 3.05) is 44.7 Å². The maximum atomic E-state index is 13.2. The smallest absolute Gasteiger partial charge is 0.412 e. The minimum Gasteiger partial charge on any atom is -0.444 e. The van der Waals surface area contributed by atoms with Gasteiger partial charge in [-0.3, -0.25) is 15.0 Å². The fourth-order valence-corrected chi connectivity index (χ4v) is 5.51. The van der Waals surface area contributed by atoms with Crippen LogP contribution in [0.5, 0.6) is 0 Å². The molecule has 1 aliphatic heterocycles. The number of anilines is 1. The van der Waals surface area contributed by atoms with Crippen LogP contribution in [0.1, 0.15) is 54.2 Å². The monoisotopic (exact) mass is 606 g/mol. The summed E-state index contributed by atoms with van der Waals surface area (Å²) in [5, 5.41) is 9.46. The predicted molar refractivity (Wildman–Crippen MR) is 170 cm³/mol. The molecule has 1 aliphatic rings. The van der Waals surface area contributed by atoms with E-state index in [-0.39, 0.29) is 18.2 Å². The SMILES string of the molecule is CC(C)(C)OC(=O)Nc1cscc1CC(=O)c1ccc(CN(CCCN2CCOCC2)C(=O)NCc2ccccc2)cc1. The Morgan fingerprint density at radius 1 is 0.977 bits per heavy atom. The topological polar surface area (TPSA) is 100 Å². The van der Waals surface area contributed by atoms with Gasteiger partial charge in [-0.2, -0.15) is 0 Å². The van der Waals surface area contributed by atoms with Crippen LogP contribution in [0.2, 0.25) is 0 Å². The maximum Gasteiger partial charge on any atom is 0.412 e. The Bertz CT molecular complexity index is 1330. The number of urea groups is 1. The summed E-state index contributed by atoms with van der Waals surface area (Å²) in [6.07, 6.45) is 0.463. The molecule has 0 atom stereocenters. The average molecular weight is 607 g/mol. The third kappa shape index (κ3) is 10.8. The average Bonchev–Trinajstić information content (AvgIpc) is 3.41. The van der Waals surface area contributed by atoms with E-state index in [1.165, 1.54) is 11.3 Å². The summed E-state index contributed by atoms with van der Waals surface area (Å²) in [6.45, 7) is 11.2. The van der Waals surface area contributed by atoms with Crippen LogP contribution in [0, 0.1) is 0 Å². The number of Topliss-reactive ketones (excluding diaryl/α,β-unsaturated/α-hetero) is 1. The van der Waals surface area contributed by atoms with E-state index in [0.717, 1.165) is 56.0 Å². The number of ketones is 1. The lowest BCUT2D eigenvalue weighted by Crippen LogP contribution is -2.42. The Morgan fingerprint density at radius 3 is 2.40 bits per heavy atom. The lowest BCUT2D eigenvalue weighted by molar-refractivity contribution is 0.0364. The van der Waals surface area contributed by atoms with Crippen LogP contribution < -0.4 is 10.6 Å². The van der Waals surface area contributed by atoms with Gasteiger partial charge in [-0.25, -0.2) is 9.59 Å². The number of amides is 3. The van der Waals surface area contributed by atoms with Crippen molar-refractivity contribution >= 4 is 34.9 Å². The van der Waals surface area contributed by atoms with Gasteiger partial charge in [-0.1, -0.05) is 54.6 Å². The van der Waals surface area contributed by atoms with Crippen molar-refractivity contribution in [3.63, 3.8) is 0 Å². The van der Waals surface area contributed by atoms with Gasteiger partial charge in [0.25, 0.3) is 0 Å². The summed E-state index contributed by atoms with van der Waals surface area (Å²) in [5.41, 5.74) is 3.27. The number of benzene rings is 2. The summed E-state index contributed by atoms with van der Waals surface area (Å²) >= 11 is 1.42. The summed E-state index contributed by atoms with van der Waals surface area (Å²) in [5.74, 6) is -0.0554. The highest BCUT2D eigenvalue weighted by molar-refractivity contribution is 7.08. The summed E-state index contributed by atoms with van der Waals surface area (Å²) in [4.78, 5) is 42.7. The summed E-state index contributed by atoms with van der Waals surface area (Å²) < 4.78 is 10.8. The van der Waals surface area contributed by atoms with Gasteiger partial charge in [0.2, 0.25) is 0 Å². The highest BCUT2D eigenvalue weighted by Crippen LogP contribution is 2.24. The highest BCUT2D eigenvalue weighted by atomic mass is 32.1. The molecule has 3 amide bonds. The lowest BCUT2D eigenvalue weighted by Gasteiger charge is -2.28. The van der Waals surface area contributed by atoms with Crippen molar-refractivity contribution < 1.29 is 23.9 Å². The van der Waals surface area contributed by atoms with Crippen LogP contribution in [0.4, 0.5) is 15.3 Å². The number of ether oxygens (including phenoxy) is 2. The molecule has 10 heteroatoms. The van der Waals surface area contributed by atoms with Crippen LogP contribution in [0.3, 0.4) is 0 Å². The first-order valence-electron chi connectivity index (χ1n) is 14.7. The quantitative estimate of drug-likeness (QED) is 0.247. The molecule has 0 saturated carbocycles. The van der Waals surface area contributed by atoms with Crippen molar-refractivity contribution in [2.45, 2.75) is 52.3 Å². The molecule has 2 aromatic carbocycles. The second-order valence-electron chi connectivity index (χ2n) is 11.6. The van der Waals surface area contributed by atoms with E-state index in [2.05, 4.69) is 15.5 Å². The molecule has 0 aliphatic carbocycles. The number of hydrogen-bond acceptors (Lipinski definition) is 7. The van der Waals surface area contributed by atoms with Gasteiger partial charge in [-0.05, 0) is 49.3 Å².